The number of nitrogens with two attached hydrogens (primary N) is 1. The molecule has 2 atom stereocenters. The molecule has 4 nitrogen and oxygen atoms in total. The molecule has 1 heterocycles. The van der Waals surface area contributed by atoms with Crippen LogP contribution >= 0.6 is 0 Å². The third-order valence-electron chi connectivity index (χ3n) is 3.88. The molecular weight excluding hydrogens is 283 g/mol. The molecule has 1 aromatic carbocycles. The maximum Gasteiger partial charge on any atom is 0.417 e. The number of amidine groups is 1. The van der Waals surface area contributed by atoms with Crippen molar-refractivity contribution in [2.75, 3.05) is 18.0 Å². The number of nitrogens with zero attached hydrogens (tertiary/aromatic N) is 1. The summed E-state index contributed by atoms with van der Waals surface area (Å²) in [7, 11) is 0. The Morgan fingerprint density at radius 1 is 1.43 bits per heavy atom. The van der Waals surface area contributed by atoms with Gasteiger partial charge in [0.1, 0.15) is 5.84 Å². The lowest BCUT2D eigenvalue weighted by Crippen LogP contribution is -2.43. The van der Waals surface area contributed by atoms with Crippen LogP contribution in [-0.4, -0.2) is 30.1 Å². The van der Waals surface area contributed by atoms with Crippen LogP contribution in [0.4, 0.5) is 18.9 Å². The Bertz CT molecular complexity index is 545. The molecule has 4 N–H and O–H groups in total. The number of hydrogen-bond acceptors (Lipinski definition) is 3. The molecule has 1 saturated heterocycles. The number of halogens is 3. The Morgan fingerprint density at radius 3 is 2.62 bits per heavy atom. The number of aliphatic hydroxyl groups excluding tert-OH is 1. The van der Waals surface area contributed by atoms with Crippen molar-refractivity contribution in [2.45, 2.75) is 25.6 Å². The fourth-order valence-electron chi connectivity index (χ4n) is 2.48. The molecule has 1 fully saturated rings. The molecule has 2 rings (SSSR count). The highest BCUT2D eigenvalue weighted by molar-refractivity contribution is 5.97. The Morgan fingerprint density at radius 2 is 2.10 bits per heavy atom. The Kier molecular flexibility index (Phi) is 4.13. The highest BCUT2D eigenvalue weighted by Crippen LogP contribution is 2.35. The first-order valence-electron chi connectivity index (χ1n) is 6.69. The Balaban J connectivity index is 2.36. The van der Waals surface area contributed by atoms with E-state index in [2.05, 4.69) is 0 Å². The van der Waals surface area contributed by atoms with E-state index in [0.717, 1.165) is 12.5 Å². The minimum atomic E-state index is -4.57. The van der Waals surface area contributed by atoms with Crippen LogP contribution in [0.3, 0.4) is 0 Å². The van der Waals surface area contributed by atoms with Crippen LogP contribution in [0.2, 0.25) is 0 Å². The summed E-state index contributed by atoms with van der Waals surface area (Å²) in [5, 5.41) is 17.1. The van der Waals surface area contributed by atoms with Crippen LogP contribution in [0.15, 0.2) is 18.2 Å². The summed E-state index contributed by atoms with van der Waals surface area (Å²) in [5.74, 6) is -0.471. The zero-order chi connectivity index (χ0) is 15.8. The SMILES string of the molecule is CC1CCN(c2ccc(C(=N)N)c(C(F)(F)F)c2)CC1O. The number of aliphatic hydroxyl groups is 1. The van der Waals surface area contributed by atoms with Gasteiger partial charge in [-0.2, -0.15) is 13.2 Å². The average Bonchev–Trinajstić information content (AvgIpc) is 2.40. The lowest BCUT2D eigenvalue weighted by Gasteiger charge is -2.36. The number of hydrogen-bond donors (Lipinski definition) is 3. The maximum atomic E-state index is 13.1. The van der Waals surface area contributed by atoms with Gasteiger partial charge in [0, 0.05) is 24.3 Å². The van der Waals surface area contributed by atoms with E-state index >= 15 is 0 Å². The molecule has 1 aliphatic heterocycles. The zero-order valence-electron chi connectivity index (χ0n) is 11.6. The molecule has 0 aliphatic carbocycles. The van der Waals surface area contributed by atoms with Gasteiger partial charge in [-0.05, 0) is 30.5 Å². The fourth-order valence-corrected chi connectivity index (χ4v) is 2.48. The molecule has 0 radical (unpaired) electrons. The van der Waals surface area contributed by atoms with E-state index in [9.17, 15) is 18.3 Å². The monoisotopic (exact) mass is 301 g/mol. The van der Waals surface area contributed by atoms with E-state index in [0.29, 0.717) is 18.8 Å². The lowest BCUT2D eigenvalue weighted by molar-refractivity contribution is -0.137. The van der Waals surface area contributed by atoms with Crippen LogP contribution in [0.5, 0.6) is 0 Å². The highest BCUT2D eigenvalue weighted by atomic mass is 19.4. The molecule has 21 heavy (non-hydrogen) atoms. The molecule has 0 spiro atoms. The summed E-state index contributed by atoms with van der Waals surface area (Å²) in [5.41, 5.74) is 4.36. The number of benzene rings is 1. The predicted molar refractivity (Wildman–Crippen MR) is 74.5 cm³/mol. The van der Waals surface area contributed by atoms with E-state index in [1.807, 2.05) is 6.92 Å². The van der Waals surface area contributed by atoms with Crippen molar-refractivity contribution in [3.05, 3.63) is 29.3 Å². The van der Waals surface area contributed by atoms with Gasteiger partial charge in [-0.25, -0.2) is 0 Å². The molecule has 7 heteroatoms. The first-order valence-corrected chi connectivity index (χ1v) is 6.69. The number of nitrogens with one attached hydrogen (secondary N) is 1. The molecule has 1 aromatic rings. The van der Waals surface area contributed by atoms with Crippen LogP contribution in [-0.2, 0) is 6.18 Å². The van der Waals surface area contributed by atoms with Crippen LogP contribution in [0.1, 0.15) is 24.5 Å². The third-order valence-corrected chi connectivity index (χ3v) is 3.88. The minimum Gasteiger partial charge on any atom is -0.391 e. The maximum absolute atomic E-state index is 13.1. The Hall–Kier alpha value is -1.76. The second-order valence-electron chi connectivity index (χ2n) is 5.42. The number of rotatable bonds is 2. The topological polar surface area (TPSA) is 73.3 Å². The average molecular weight is 301 g/mol. The molecule has 0 bridgehead atoms. The first kappa shape index (κ1) is 15.6. The van der Waals surface area contributed by atoms with E-state index in [1.165, 1.54) is 12.1 Å². The van der Waals surface area contributed by atoms with Crippen LogP contribution < -0.4 is 10.6 Å². The quantitative estimate of drug-likeness (QED) is 0.579. The number of alkyl halides is 3. The van der Waals surface area contributed by atoms with Crippen molar-refractivity contribution >= 4 is 11.5 Å². The van der Waals surface area contributed by atoms with E-state index in [-0.39, 0.29) is 11.5 Å². The van der Waals surface area contributed by atoms with Gasteiger partial charge in [0.05, 0.1) is 11.7 Å². The van der Waals surface area contributed by atoms with Gasteiger partial charge in [-0.1, -0.05) is 6.92 Å². The number of anilines is 1. The number of piperidine rings is 1. The van der Waals surface area contributed by atoms with Gasteiger partial charge < -0.3 is 15.7 Å². The smallest absolute Gasteiger partial charge is 0.391 e. The molecule has 116 valence electrons. The van der Waals surface area contributed by atoms with Crippen molar-refractivity contribution in [3.63, 3.8) is 0 Å². The second-order valence-corrected chi connectivity index (χ2v) is 5.42. The zero-order valence-corrected chi connectivity index (χ0v) is 11.6. The van der Waals surface area contributed by atoms with Crippen molar-refractivity contribution in [2.24, 2.45) is 11.7 Å². The molecule has 0 amide bonds. The summed E-state index contributed by atoms with van der Waals surface area (Å²) in [6.07, 6.45) is -4.41. The third kappa shape index (κ3) is 3.29. The van der Waals surface area contributed by atoms with Gasteiger partial charge in [0.25, 0.3) is 0 Å². The summed E-state index contributed by atoms with van der Waals surface area (Å²) >= 11 is 0. The summed E-state index contributed by atoms with van der Waals surface area (Å²) in [6, 6.07) is 3.72. The summed E-state index contributed by atoms with van der Waals surface area (Å²) in [4.78, 5) is 1.73. The van der Waals surface area contributed by atoms with Crippen molar-refractivity contribution in [1.82, 2.24) is 0 Å². The summed E-state index contributed by atoms with van der Waals surface area (Å²) in [6.45, 7) is 2.81. The normalized spacial score (nSPS) is 23.2. The second kappa shape index (κ2) is 5.55. The molecule has 0 aromatic heterocycles. The largest absolute Gasteiger partial charge is 0.417 e. The number of nitrogen functional groups attached to an aromatic ring is 1. The van der Waals surface area contributed by atoms with Crippen molar-refractivity contribution < 1.29 is 18.3 Å². The summed E-state index contributed by atoms with van der Waals surface area (Å²) < 4.78 is 39.2. The lowest BCUT2D eigenvalue weighted by atomic mass is 9.95. The molecule has 0 saturated carbocycles. The standard InChI is InChI=1S/C14H18F3N3O/c1-8-4-5-20(7-12(8)21)9-2-3-10(13(18)19)11(6-9)14(15,16)17/h2-3,6,8,12,21H,4-5,7H2,1H3,(H3,18,19). The van der Waals surface area contributed by atoms with Gasteiger partial charge in [0.2, 0.25) is 0 Å². The first-order chi connectivity index (χ1) is 9.70. The predicted octanol–water partition coefficient (Wildman–Crippen LogP) is 2.20. The Labute approximate surface area is 120 Å². The fraction of sp³-hybridized carbons (Fsp3) is 0.500. The number of β-amino-alcohol motifs (C(OH)–C–C–N with tert-alkyl or cyclic N) is 1. The van der Waals surface area contributed by atoms with Crippen molar-refractivity contribution in [3.8, 4) is 0 Å². The minimum absolute atomic E-state index is 0.139. The van der Waals surface area contributed by atoms with Crippen LogP contribution in [0, 0.1) is 11.3 Å². The van der Waals surface area contributed by atoms with Crippen LogP contribution in [0.25, 0.3) is 0 Å². The molecule has 2 unspecified atom stereocenters. The van der Waals surface area contributed by atoms with Crippen molar-refractivity contribution in [1.29, 1.82) is 5.41 Å². The van der Waals surface area contributed by atoms with Gasteiger partial charge in [-0.3, -0.25) is 5.41 Å². The van der Waals surface area contributed by atoms with E-state index in [1.54, 1.807) is 4.90 Å². The molecule has 1 aliphatic rings. The van der Waals surface area contributed by atoms with Gasteiger partial charge in [0.15, 0.2) is 0 Å². The van der Waals surface area contributed by atoms with E-state index < -0.39 is 23.7 Å². The highest BCUT2D eigenvalue weighted by Gasteiger charge is 2.35. The molecular formula is C14H18F3N3O. The van der Waals surface area contributed by atoms with Gasteiger partial charge in [-0.15, -0.1) is 0 Å². The van der Waals surface area contributed by atoms with E-state index in [4.69, 9.17) is 11.1 Å². The van der Waals surface area contributed by atoms with Gasteiger partial charge >= 0.3 is 6.18 Å².